The van der Waals surface area contributed by atoms with Gasteiger partial charge in [-0.05, 0) is 121 Å². The molecule has 11 aromatic rings. The van der Waals surface area contributed by atoms with Crippen molar-refractivity contribution in [2.75, 3.05) is 4.90 Å². The first kappa shape index (κ1) is 36.6. The second-order valence-corrected chi connectivity index (χ2v) is 16.4. The zero-order valence-corrected chi connectivity index (χ0v) is 34.6. The number of anilines is 3. The van der Waals surface area contributed by atoms with Gasteiger partial charge in [0.2, 0.25) is 0 Å². The summed E-state index contributed by atoms with van der Waals surface area (Å²) in [5.41, 5.74) is 22.6. The van der Waals surface area contributed by atoms with Crippen LogP contribution in [0.1, 0.15) is 11.1 Å². The van der Waals surface area contributed by atoms with Crippen molar-refractivity contribution in [1.82, 2.24) is 0 Å². The van der Waals surface area contributed by atoms with Crippen molar-refractivity contribution < 1.29 is 4.42 Å². The molecule has 0 fully saturated rings. The molecule has 2 heteroatoms. The Balaban J connectivity index is 0.839. The van der Waals surface area contributed by atoms with Crippen molar-refractivity contribution >= 4 is 39.0 Å². The van der Waals surface area contributed by atoms with Crippen LogP contribution in [-0.2, 0) is 6.42 Å². The highest BCUT2D eigenvalue weighted by Gasteiger charge is 2.21. The molecule has 0 atom stereocenters. The highest BCUT2D eigenvalue weighted by Crippen LogP contribution is 2.43. The Labute approximate surface area is 367 Å². The van der Waals surface area contributed by atoms with E-state index in [4.69, 9.17) is 4.42 Å². The number of para-hydroxylation sites is 2. The van der Waals surface area contributed by atoms with Gasteiger partial charge >= 0.3 is 0 Å². The summed E-state index contributed by atoms with van der Waals surface area (Å²) in [5, 5.41) is 2.29. The molecule has 0 aliphatic heterocycles. The average molecular weight is 804 g/mol. The van der Waals surface area contributed by atoms with E-state index in [9.17, 15) is 0 Å². The number of rotatable bonds is 8. The minimum Gasteiger partial charge on any atom is -0.455 e. The van der Waals surface area contributed by atoms with Gasteiger partial charge < -0.3 is 9.32 Å². The third kappa shape index (κ3) is 6.61. The lowest BCUT2D eigenvalue weighted by Crippen LogP contribution is -2.09. The Morgan fingerprint density at radius 3 is 1.32 bits per heavy atom. The Hall–Kier alpha value is -8.20. The lowest BCUT2D eigenvalue weighted by molar-refractivity contribution is 0.670. The molecule has 1 heterocycles. The first-order valence-corrected chi connectivity index (χ1v) is 21.7. The summed E-state index contributed by atoms with van der Waals surface area (Å²) in [5.74, 6) is 0. The third-order valence-corrected chi connectivity index (χ3v) is 12.8. The third-order valence-electron chi connectivity index (χ3n) is 12.8. The molecule has 0 unspecified atom stereocenters. The molecule has 0 amide bonds. The molecule has 0 saturated heterocycles. The Morgan fingerprint density at radius 2 is 0.698 bits per heavy atom. The van der Waals surface area contributed by atoms with E-state index < -0.39 is 0 Å². The van der Waals surface area contributed by atoms with E-state index in [2.05, 4.69) is 229 Å². The van der Waals surface area contributed by atoms with E-state index >= 15 is 0 Å². The number of nitrogens with zero attached hydrogens (tertiary/aromatic N) is 1. The van der Waals surface area contributed by atoms with Crippen molar-refractivity contribution in [3.05, 3.63) is 248 Å². The summed E-state index contributed by atoms with van der Waals surface area (Å²) < 4.78 is 6.35. The number of benzene rings is 10. The summed E-state index contributed by atoms with van der Waals surface area (Å²) in [4.78, 5) is 2.34. The first-order valence-electron chi connectivity index (χ1n) is 21.7. The Morgan fingerprint density at radius 1 is 0.286 bits per heavy atom. The van der Waals surface area contributed by atoms with Crippen molar-refractivity contribution in [2.24, 2.45) is 0 Å². The van der Waals surface area contributed by atoms with E-state index in [1.807, 2.05) is 12.1 Å². The zero-order valence-electron chi connectivity index (χ0n) is 34.6. The van der Waals surface area contributed by atoms with Crippen LogP contribution in [0, 0.1) is 0 Å². The Kier molecular flexibility index (Phi) is 8.93. The largest absolute Gasteiger partial charge is 0.455 e. The predicted octanol–water partition coefficient (Wildman–Crippen LogP) is 17.0. The van der Waals surface area contributed by atoms with Gasteiger partial charge in [0.05, 0.1) is 0 Å². The van der Waals surface area contributed by atoms with Gasteiger partial charge in [-0.25, -0.2) is 0 Å². The topological polar surface area (TPSA) is 16.4 Å². The monoisotopic (exact) mass is 803 g/mol. The standard InChI is InChI=1S/C61H41NO/c1-2-10-41(11-3-1)44-28-34-50(35-29-44)62(51-36-30-45(31-37-51)42-20-24-47(25-21-42)53-15-8-17-56-54-13-5-4-12-49(54)40-59(53)56)52-38-32-46(33-39-52)43-22-26-48(27-23-43)55-16-9-18-58-57-14-6-7-19-60(57)63-61(55)58/h1-39H,40H2. The molecule has 1 aliphatic carbocycles. The van der Waals surface area contributed by atoms with Crippen LogP contribution in [0.5, 0.6) is 0 Å². The fourth-order valence-corrected chi connectivity index (χ4v) is 9.57. The molecule has 0 saturated carbocycles. The molecule has 12 rings (SSSR count). The molecule has 2 nitrogen and oxygen atoms in total. The highest BCUT2D eigenvalue weighted by molar-refractivity contribution is 6.09. The van der Waals surface area contributed by atoms with E-state index in [0.717, 1.165) is 67.7 Å². The van der Waals surface area contributed by atoms with Gasteiger partial charge in [-0.15, -0.1) is 0 Å². The summed E-state index contributed by atoms with van der Waals surface area (Å²) >= 11 is 0. The number of hydrogen-bond acceptors (Lipinski definition) is 2. The van der Waals surface area contributed by atoms with Crippen LogP contribution in [0.3, 0.4) is 0 Å². The lowest BCUT2D eigenvalue weighted by Gasteiger charge is -2.26. The van der Waals surface area contributed by atoms with E-state index in [0.29, 0.717) is 0 Å². The second kappa shape index (κ2) is 15.4. The molecule has 1 aliphatic rings. The van der Waals surface area contributed by atoms with E-state index in [1.54, 1.807) is 0 Å². The summed E-state index contributed by atoms with van der Waals surface area (Å²) in [6.07, 6.45) is 0.981. The smallest absolute Gasteiger partial charge is 0.143 e. The Bertz CT molecular complexity index is 3420. The number of hydrogen-bond donors (Lipinski definition) is 0. The van der Waals surface area contributed by atoms with E-state index in [1.165, 1.54) is 55.6 Å². The second-order valence-electron chi connectivity index (χ2n) is 16.4. The zero-order chi connectivity index (χ0) is 41.7. The summed E-state index contributed by atoms with van der Waals surface area (Å²) in [7, 11) is 0. The van der Waals surface area contributed by atoms with Crippen LogP contribution in [0.15, 0.2) is 241 Å². The van der Waals surface area contributed by atoms with Crippen LogP contribution in [0.4, 0.5) is 17.1 Å². The number of furan rings is 1. The minimum absolute atomic E-state index is 0.914. The summed E-state index contributed by atoms with van der Waals surface area (Å²) in [6.45, 7) is 0. The highest BCUT2D eigenvalue weighted by atomic mass is 16.3. The maximum Gasteiger partial charge on any atom is 0.143 e. The van der Waals surface area contributed by atoms with Crippen LogP contribution in [0.25, 0.3) is 88.7 Å². The normalized spacial score (nSPS) is 11.7. The van der Waals surface area contributed by atoms with Gasteiger partial charge in [0.1, 0.15) is 11.2 Å². The minimum atomic E-state index is 0.914. The predicted molar refractivity (Wildman–Crippen MR) is 264 cm³/mol. The van der Waals surface area contributed by atoms with Crippen LogP contribution < -0.4 is 4.90 Å². The molecule has 10 aromatic carbocycles. The molecule has 1 aromatic heterocycles. The van der Waals surface area contributed by atoms with Crippen molar-refractivity contribution in [3.8, 4) is 66.8 Å². The van der Waals surface area contributed by atoms with E-state index in [-0.39, 0.29) is 0 Å². The molecular weight excluding hydrogens is 763 g/mol. The molecule has 296 valence electrons. The van der Waals surface area contributed by atoms with Crippen LogP contribution in [0.2, 0.25) is 0 Å². The fourth-order valence-electron chi connectivity index (χ4n) is 9.57. The van der Waals surface area contributed by atoms with Gasteiger partial charge in [0.25, 0.3) is 0 Å². The average Bonchev–Trinajstić information content (AvgIpc) is 3.94. The molecule has 0 bridgehead atoms. The van der Waals surface area contributed by atoms with Gasteiger partial charge in [-0.1, -0.05) is 194 Å². The molecule has 0 spiro atoms. The maximum atomic E-state index is 6.35. The van der Waals surface area contributed by atoms with Crippen molar-refractivity contribution in [3.63, 3.8) is 0 Å². The van der Waals surface area contributed by atoms with Crippen molar-refractivity contribution in [1.29, 1.82) is 0 Å². The van der Waals surface area contributed by atoms with Crippen LogP contribution in [-0.4, -0.2) is 0 Å². The lowest BCUT2D eigenvalue weighted by atomic mass is 9.94. The first-order chi connectivity index (χ1) is 31.2. The quantitative estimate of drug-likeness (QED) is 0.152. The van der Waals surface area contributed by atoms with Gasteiger partial charge in [-0.3, -0.25) is 0 Å². The van der Waals surface area contributed by atoms with Crippen molar-refractivity contribution in [2.45, 2.75) is 6.42 Å². The molecule has 63 heavy (non-hydrogen) atoms. The summed E-state index contributed by atoms with van der Waals surface area (Å²) in [6, 6.07) is 85.4. The number of fused-ring (bicyclic) bond motifs is 6. The maximum absolute atomic E-state index is 6.35. The van der Waals surface area contributed by atoms with Gasteiger partial charge in [0, 0.05) is 33.4 Å². The molecule has 0 radical (unpaired) electrons. The van der Waals surface area contributed by atoms with Gasteiger partial charge in [-0.2, -0.15) is 0 Å². The SMILES string of the molecule is c1ccc(-c2ccc(N(c3ccc(-c4ccc(-c5cccc6c5Cc5ccccc5-6)cc4)cc3)c3ccc(-c4ccc(-c5cccc6c5oc5ccccc56)cc4)cc3)cc2)cc1. The fraction of sp³-hybridized carbons (Fsp3) is 0.0164. The molecule has 0 N–H and O–H groups in total. The van der Waals surface area contributed by atoms with Gasteiger partial charge in [0.15, 0.2) is 0 Å². The van der Waals surface area contributed by atoms with Crippen LogP contribution >= 0.6 is 0 Å². The molecular formula is C61H41NO.